The minimum Gasteiger partial charge on any atom is -0.467 e. The van der Waals surface area contributed by atoms with Crippen LogP contribution in [0.5, 0.6) is 0 Å². The molecule has 2 fully saturated rings. The van der Waals surface area contributed by atoms with Gasteiger partial charge in [-0.05, 0) is 38.0 Å². The van der Waals surface area contributed by atoms with E-state index in [0.717, 1.165) is 12.8 Å². The van der Waals surface area contributed by atoms with Gasteiger partial charge in [0.05, 0.1) is 7.11 Å². The van der Waals surface area contributed by atoms with Crippen molar-refractivity contribution in [2.75, 3.05) is 7.11 Å². The fourth-order valence-electron chi connectivity index (χ4n) is 2.96. The lowest BCUT2D eigenvalue weighted by Gasteiger charge is -2.38. The molecule has 1 aliphatic carbocycles. The minimum atomic E-state index is -0.925. The predicted molar refractivity (Wildman–Crippen MR) is 71.7 cm³/mol. The third-order valence-electron chi connectivity index (χ3n) is 4.38. The van der Waals surface area contributed by atoms with Crippen LogP contribution in [0.3, 0.4) is 0 Å². The highest BCUT2D eigenvalue weighted by Crippen LogP contribution is 2.33. The van der Waals surface area contributed by atoms with Crippen molar-refractivity contribution in [1.29, 1.82) is 0 Å². The summed E-state index contributed by atoms with van der Waals surface area (Å²) in [6, 6.07) is -0.525. The van der Waals surface area contributed by atoms with Crippen LogP contribution in [0.2, 0.25) is 0 Å². The van der Waals surface area contributed by atoms with Crippen molar-refractivity contribution >= 4 is 17.8 Å². The summed E-state index contributed by atoms with van der Waals surface area (Å²) in [5.74, 6) is -0.233. The molecule has 0 radical (unpaired) electrons. The molecule has 1 aliphatic heterocycles. The van der Waals surface area contributed by atoms with Crippen LogP contribution >= 0.6 is 0 Å². The molecule has 2 aliphatic rings. The number of carbonyl (C=O) groups excluding carboxylic acids is 3. The zero-order valence-electron chi connectivity index (χ0n) is 12.0. The monoisotopic (exact) mass is 282 g/mol. The molecule has 0 unspecified atom stereocenters. The maximum Gasteiger partial charge on any atom is 0.331 e. The van der Waals surface area contributed by atoms with Gasteiger partial charge in [0.15, 0.2) is 0 Å². The maximum absolute atomic E-state index is 12.2. The second-order valence-electron chi connectivity index (χ2n) is 5.90. The van der Waals surface area contributed by atoms with Gasteiger partial charge in [0.2, 0.25) is 11.8 Å². The minimum absolute atomic E-state index is 0.116. The zero-order chi connectivity index (χ0) is 14.8. The van der Waals surface area contributed by atoms with Gasteiger partial charge >= 0.3 is 5.97 Å². The van der Waals surface area contributed by atoms with Gasteiger partial charge in [-0.15, -0.1) is 0 Å². The van der Waals surface area contributed by atoms with E-state index in [1.54, 1.807) is 0 Å². The second-order valence-corrected chi connectivity index (χ2v) is 5.90. The van der Waals surface area contributed by atoms with Gasteiger partial charge in [0.25, 0.3) is 0 Å². The Bertz CT molecular complexity index is 413. The number of nitrogens with one attached hydrogen (secondary N) is 2. The number of rotatable bonds is 3. The molecular formula is C14H22N2O4. The van der Waals surface area contributed by atoms with E-state index in [1.807, 2.05) is 0 Å². The molecule has 112 valence electrons. The third kappa shape index (κ3) is 2.94. The van der Waals surface area contributed by atoms with Crippen LogP contribution in [0.15, 0.2) is 0 Å². The van der Waals surface area contributed by atoms with Crippen LogP contribution < -0.4 is 10.6 Å². The largest absolute Gasteiger partial charge is 0.467 e. The van der Waals surface area contributed by atoms with Crippen LogP contribution in [-0.2, 0) is 19.1 Å². The molecule has 2 rings (SSSR count). The summed E-state index contributed by atoms with van der Waals surface area (Å²) in [6.07, 6.45) is 3.79. The number of esters is 1. The Morgan fingerprint density at radius 2 is 1.95 bits per heavy atom. The summed E-state index contributed by atoms with van der Waals surface area (Å²) in [4.78, 5) is 35.5. The molecule has 0 aromatic carbocycles. The van der Waals surface area contributed by atoms with Crippen molar-refractivity contribution in [3.63, 3.8) is 0 Å². The smallest absolute Gasteiger partial charge is 0.331 e. The van der Waals surface area contributed by atoms with Crippen LogP contribution in [0.1, 0.15) is 45.4 Å². The average molecular weight is 282 g/mol. The van der Waals surface area contributed by atoms with Crippen LogP contribution in [0.25, 0.3) is 0 Å². The van der Waals surface area contributed by atoms with Gasteiger partial charge in [-0.3, -0.25) is 9.59 Å². The predicted octanol–water partition coefficient (Wildman–Crippen LogP) is 0.503. The Hall–Kier alpha value is -1.59. The lowest BCUT2D eigenvalue weighted by molar-refractivity contribution is -0.153. The topological polar surface area (TPSA) is 84.5 Å². The van der Waals surface area contributed by atoms with Crippen molar-refractivity contribution in [2.45, 2.75) is 57.0 Å². The molecule has 1 heterocycles. The lowest BCUT2D eigenvalue weighted by atomic mass is 9.77. The number of carbonyl (C=O) groups is 3. The normalized spacial score (nSPS) is 33.4. The average Bonchev–Trinajstić information content (AvgIpc) is 2.87. The van der Waals surface area contributed by atoms with Gasteiger partial charge in [-0.1, -0.05) is 6.92 Å². The Balaban J connectivity index is 2.06. The molecule has 0 aromatic rings. The van der Waals surface area contributed by atoms with E-state index in [9.17, 15) is 14.4 Å². The van der Waals surface area contributed by atoms with E-state index in [1.165, 1.54) is 7.11 Å². The molecule has 6 nitrogen and oxygen atoms in total. The summed E-state index contributed by atoms with van der Waals surface area (Å²) < 4.78 is 4.87. The Morgan fingerprint density at radius 1 is 1.30 bits per heavy atom. The number of ether oxygens (including phenoxy) is 1. The summed E-state index contributed by atoms with van der Waals surface area (Å²) in [5, 5.41) is 5.46. The van der Waals surface area contributed by atoms with E-state index < -0.39 is 11.6 Å². The summed E-state index contributed by atoms with van der Waals surface area (Å²) in [6.45, 7) is 2.14. The summed E-state index contributed by atoms with van der Waals surface area (Å²) in [7, 11) is 1.34. The summed E-state index contributed by atoms with van der Waals surface area (Å²) >= 11 is 0. The van der Waals surface area contributed by atoms with Crippen LogP contribution in [0, 0.1) is 5.92 Å². The quantitative estimate of drug-likeness (QED) is 0.738. The zero-order valence-corrected chi connectivity index (χ0v) is 12.0. The highest BCUT2D eigenvalue weighted by molar-refractivity contribution is 5.94. The molecule has 0 aromatic heterocycles. The van der Waals surface area contributed by atoms with Gasteiger partial charge in [-0.25, -0.2) is 4.79 Å². The number of hydrogen-bond donors (Lipinski definition) is 2. The molecular weight excluding hydrogens is 260 g/mol. The molecule has 1 saturated heterocycles. The molecule has 2 amide bonds. The van der Waals surface area contributed by atoms with Crippen molar-refractivity contribution in [2.24, 2.45) is 5.92 Å². The highest BCUT2D eigenvalue weighted by Gasteiger charge is 2.44. The molecule has 2 N–H and O–H groups in total. The van der Waals surface area contributed by atoms with Gasteiger partial charge < -0.3 is 15.4 Å². The SMILES string of the molecule is COC(=O)C1(NC(=O)[C@@H]2CCC(=O)N2)CCC(C)CC1. The van der Waals surface area contributed by atoms with E-state index >= 15 is 0 Å². The first kappa shape index (κ1) is 14.8. The van der Waals surface area contributed by atoms with E-state index in [2.05, 4.69) is 17.6 Å². The molecule has 6 heteroatoms. The maximum atomic E-state index is 12.2. The first-order chi connectivity index (χ1) is 9.47. The first-order valence-electron chi connectivity index (χ1n) is 7.16. The van der Waals surface area contributed by atoms with Crippen LogP contribution in [-0.4, -0.2) is 36.5 Å². The highest BCUT2D eigenvalue weighted by atomic mass is 16.5. The van der Waals surface area contributed by atoms with E-state index in [0.29, 0.717) is 31.6 Å². The number of hydrogen-bond acceptors (Lipinski definition) is 4. The standard InChI is InChI=1S/C14H22N2O4/c1-9-5-7-14(8-6-9,13(19)20-2)16-12(18)10-3-4-11(17)15-10/h9-10H,3-8H2,1-2H3,(H,15,17)(H,16,18)/t9?,10-,14?/m0/s1. The molecule has 1 atom stereocenters. The van der Waals surface area contributed by atoms with Gasteiger partial charge in [0.1, 0.15) is 11.6 Å². The van der Waals surface area contributed by atoms with Crippen molar-refractivity contribution in [1.82, 2.24) is 10.6 Å². The fraction of sp³-hybridized carbons (Fsp3) is 0.786. The van der Waals surface area contributed by atoms with Crippen molar-refractivity contribution in [3.05, 3.63) is 0 Å². The van der Waals surface area contributed by atoms with Gasteiger partial charge in [0, 0.05) is 6.42 Å². The van der Waals surface area contributed by atoms with E-state index in [-0.39, 0.29) is 17.8 Å². The Kier molecular flexibility index (Phi) is 4.30. The Labute approximate surface area is 118 Å². The summed E-state index contributed by atoms with van der Waals surface area (Å²) in [5.41, 5.74) is -0.925. The van der Waals surface area contributed by atoms with Gasteiger partial charge in [-0.2, -0.15) is 0 Å². The van der Waals surface area contributed by atoms with Crippen LogP contribution in [0.4, 0.5) is 0 Å². The van der Waals surface area contributed by atoms with Crippen molar-refractivity contribution in [3.8, 4) is 0 Å². The Morgan fingerprint density at radius 3 is 2.45 bits per heavy atom. The molecule has 0 bridgehead atoms. The fourth-order valence-corrected chi connectivity index (χ4v) is 2.96. The third-order valence-corrected chi connectivity index (χ3v) is 4.38. The molecule has 20 heavy (non-hydrogen) atoms. The van der Waals surface area contributed by atoms with Crippen molar-refractivity contribution < 1.29 is 19.1 Å². The van der Waals surface area contributed by atoms with E-state index in [4.69, 9.17) is 4.74 Å². The molecule has 1 saturated carbocycles. The molecule has 0 spiro atoms. The lowest BCUT2D eigenvalue weighted by Crippen LogP contribution is -2.59. The number of methoxy groups -OCH3 is 1. The second kappa shape index (κ2) is 5.81. The first-order valence-corrected chi connectivity index (χ1v) is 7.16. The number of amides is 2.